The quantitative estimate of drug-likeness (QED) is 0.128. The minimum Gasteiger partial charge on any atom is -0.508 e. The summed E-state index contributed by atoms with van der Waals surface area (Å²) in [5.41, 5.74) is 4.23. The number of phenolic OH excluding ortho intramolecular Hbond substituents is 2. The number of phenols is 2. The number of hydrogen-bond acceptors (Lipinski definition) is 4. The van der Waals surface area contributed by atoms with Crippen LogP contribution in [0.4, 0.5) is 0 Å². The number of benzene rings is 3. The van der Waals surface area contributed by atoms with Gasteiger partial charge in [0.2, 0.25) is 0 Å². The Labute approximate surface area is 251 Å². The molecule has 3 aromatic carbocycles. The lowest BCUT2D eigenvalue weighted by atomic mass is 9.67. The van der Waals surface area contributed by atoms with Crippen molar-refractivity contribution in [3.8, 4) is 11.5 Å². The third-order valence-corrected chi connectivity index (χ3v) is 8.00. The highest BCUT2D eigenvalue weighted by molar-refractivity contribution is 7.37. The van der Waals surface area contributed by atoms with Gasteiger partial charge in [-0.05, 0) is 90.1 Å². The number of carbonyl (C=O) groups excluding carboxylic acids is 1. The van der Waals surface area contributed by atoms with E-state index in [1.807, 2.05) is 49.5 Å². The van der Waals surface area contributed by atoms with Gasteiger partial charge in [0.1, 0.15) is 17.8 Å². The van der Waals surface area contributed by atoms with Crippen LogP contribution in [0.25, 0.3) is 6.08 Å². The van der Waals surface area contributed by atoms with Gasteiger partial charge < -0.3 is 15.5 Å². The molecule has 3 aromatic rings. The van der Waals surface area contributed by atoms with E-state index in [0.29, 0.717) is 28.9 Å². The average Bonchev–Trinajstić information content (AvgIpc) is 2.95. The zero-order chi connectivity index (χ0) is 30.9. The molecule has 3 atom stereocenters. The maximum atomic E-state index is 9.89. The maximum Gasteiger partial charge on any atom is 0.142 e. The predicted octanol–water partition coefficient (Wildman–Crippen LogP) is 9.21. The summed E-state index contributed by atoms with van der Waals surface area (Å²) in [5, 5.41) is 21.8. The van der Waals surface area contributed by atoms with Crippen LogP contribution in [0.1, 0.15) is 83.0 Å². The monoisotopic (exact) mass is 577 g/mol. The Kier molecular flexibility index (Phi) is 16.3. The van der Waals surface area contributed by atoms with Crippen molar-refractivity contribution in [2.45, 2.75) is 66.3 Å². The van der Waals surface area contributed by atoms with E-state index in [1.165, 1.54) is 23.6 Å². The van der Waals surface area contributed by atoms with Crippen LogP contribution in [0, 0.1) is 10.8 Å². The van der Waals surface area contributed by atoms with Crippen molar-refractivity contribution in [1.29, 1.82) is 0 Å². The van der Waals surface area contributed by atoms with Gasteiger partial charge in [0.05, 0.1) is 0 Å². The van der Waals surface area contributed by atoms with Crippen molar-refractivity contribution in [2.75, 3.05) is 19.9 Å². The molecule has 0 heterocycles. The fourth-order valence-electron chi connectivity index (χ4n) is 4.42. The van der Waals surface area contributed by atoms with Crippen molar-refractivity contribution in [3.05, 3.63) is 102 Å². The number of allylic oxidation sites excluding steroid dienone is 1. The molecule has 3 rings (SSSR count). The number of rotatable bonds is 10. The van der Waals surface area contributed by atoms with E-state index < -0.39 is 0 Å². The van der Waals surface area contributed by atoms with Crippen LogP contribution >= 0.6 is 8.58 Å². The molecule has 4 nitrogen and oxygen atoms in total. The van der Waals surface area contributed by atoms with E-state index in [9.17, 15) is 9.90 Å². The first-order valence-corrected chi connectivity index (χ1v) is 16.1. The van der Waals surface area contributed by atoms with E-state index >= 15 is 0 Å². The topological polar surface area (TPSA) is 69.6 Å². The zero-order valence-corrected chi connectivity index (χ0v) is 27.3. The highest BCUT2D eigenvalue weighted by Gasteiger charge is 2.32. The third-order valence-electron chi connectivity index (χ3n) is 7.19. The Balaban J connectivity index is 0.000000322. The van der Waals surface area contributed by atoms with Gasteiger partial charge in [0.25, 0.3) is 0 Å². The Morgan fingerprint density at radius 1 is 0.829 bits per heavy atom. The molecule has 0 fully saturated rings. The third kappa shape index (κ3) is 14.5. The van der Waals surface area contributed by atoms with Crippen molar-refractivity contribution < 1.29 is 15.0 Å². The highest BCUT2D eigenvalue weighted by Crippen LogP contribution is 2.45. The van der Waals surface area contributed by atoms with Crippen LogP contribution in [0.3, 0.4) is 0 Å². The summed E-state index contributed by atoms with van der Waals surface area (Å²) in [6, 6.07) is 25.3. The second-order valence-electron chi connectivity index (χ2n) is 12.1. The first kappa shape index (κ1) is 36.1. The molecule has 0 bridgehead atoms. The zero-order valence-electron chi connectivity index (χ0n) is 26.3. The van der Waals surface area contributed by atoms with E-state index in [-0.39, 0.29) is 5.41 Å². The van der Waals surface area contributed by atoms with E-state index in [2.05, 4.69) is 65.7 Å². The fourth-order valence-corrected chi connectivity index (χ4v) is 5.27. The molecule has 0 aliphatic carbocycles. The molecule has 0 spiro atoms. The fraction of sp³-hybridized carbons (Fsp3) is 0.417. The first-order valence-electron chi connectivity index (χ1n) is 14.4. The lowest BCUT2D eigenvalue weighted by Gasteiger charge is -2.38. The van der Waals surface area contributed by atoms with E-state index in [4.69, 9.17) is 5.11 Å². The molecule has 0 aliphatic rings. The highest BCUT2D eigenvalue weighted by atomic mass is 31.1. The molecule has 5 heteroatoms. The minimum atomic E-state index is 0.282. The summed E-state index contributed by atoms with van der Waals surface area (Å²) < 4.78 is 0. The molecule has 41 heavy (non-hydrogen) atoms. The Bertz CT molecular complexity index is 1130. The summed E-state index contributed by atoms with van der Waals surface area (Å²) in [6.45, 7) is 16.0. The molecular formula is C36H52NO3P. The predicted molar refractivity (Wildman–Crippen MR) is 180 cm³/mol. The Morgan fingerprint density at radius 3 is 1.76 bits per heavy atom. The van der Waals surface area contributed by atoms with Crippen LogP contribution in [0.5, 0.6) is 11.5 Å². The molecule has 0 aromatic heterocycles. The summed E-state index contributed by atoms with van der Waals surface area (Å²) in [4.78, 5) is 9.89. The molecule has 0 saturated carbocycles. The molecular weight excluding hydrogens is 525 g/mol. The maximum absolute atomic E-state index is 9.89. The van der Waals surface area contributed by atoms with Crippen LogP contribution in [-0.2, 0) is 4.79 Å². The standard InChI is InChI=1S/C17H28O.C10H16NOP.C9H8O/c1-7-17(5,6)15(12-16(2,3)4)13-8-10-14(18)11-9-13;1-11-10(7-13-2)8-3-5-9(12)6-4-8;10-8-4-7-9-5-2-1-3-6-9/h8-11,15,18H,7,12H2,1-6H3;3-6,10-13H,7H2,1-2H3;1-8H/b;;7-4+. The Morgan fingerprint density at radius 2 is 1.34 bits per heavy atom. The van der Waals surface area contributed by atoms with Crippen molar-refractivity contribution >= 4 is 20.9 Å². The number of nitrogens with one attached hydrogen (secondary N) is 1. The number of aldehydes is 1. The molecule has 3 N–H and O–H groups in total. The van der Waals surface area contributed by atoms with Gasteiger partial charge in [-0.15, -0.1) is 8.58 Å². The summed E-state index contributed by atoms with van der Waals surface area (Å²) in [6.07, 6.45) is 7.50. The van der Waals surface area contributed by atoms with Gasteiger partial charge in [-0.2, -0.15) is 0 Å². The van der Waals surface area contributed by atoms with Gasteiger partial charge >= 0.3 is 0 Å². The van der Waals surface area contributed by atoms with Crippen molar-refractivity contribution in [3.63, 3.8) is 0 Å². The lowest BCUT2D eigenvalue weighted by Crippen LogP contribution is -2.25. The van der Waals surface area contributed by atoms with Crippen LogP contribution in [0.15, 0.2) is 84.9 Å². The van der Waals surface area contributed by atoms with E-state index in [0.717, 1.165) is 33.0 Å². The second kappa shape index (κ2) is 18.5. The summed E-state index contributed by atoms with van der Waals surface area (Å²) in [5.74, 6) is 1.21. The normalized spacial score (nSPS) is 13.2. The number of carbonyl (C=O) groups is 1. The molecule has 0 saturated heterocycles. The SMILES string of the molecule is CCC(C)(C)C(CC(C)(C)C)c1ccc(O)cc1.CNC(CPC)c1ccc(O)cc1.O=C/C=C/c1ccccc1. The number of aromatic hydroxyl groups is 2. The van der Waals surface area contributed by atoms with Crippen LogP contribution in [0.2, 0.25) is 0 Å². The molecule has 3 unspecified atom stereocenters. The van der Waals surface area contributed by atoms with Crippen molar-refractivity contribution in [2.24, 2.45) is 10.8 Å². The van der Waals surface area contributed by atoms with Crippen molar-refractivity contribution in [1.82, 2.24) is 5.32 Å². The Hall–Kier alpha value is -2.94. The van der Waals surface area contributed by atoms with Crippen LogP contribution in [-0.4, -0.2) is 36.4 Å². The van der Waals surface area contributed by atoms with Gasteiger partial charge in [-0.1, -0.05) is 109 Å². The lowest BCUT2D eigenvalue weighted by molar-refractivity contribution is -0.104. The number of hydrogen-bond donors (Lipinski definition) is 3. The van der Waals surface area contributed by atoms with Gasteiger partial charge in [-0.25, -0.2) is 0 Å². The minimum absolute atomic E-state index is 0.282. The molecule has 0 amide bonds. The van der Waals surface area contributed by atoms with Gasteiger partial charge in [-0.3, -0.25) is 4.79 Å². The van der Waals surface area contributed by atoms with Gasteiger partial charge in [0.15, 0.2) is 0 Å². The van der Waals surface area contributed by atoms with Gasteiger partial charge in [0, 0.05) is 6.04 Å². The van der Waals surface area contributed by atoms with Crippen LogP contribution < -0.4 is 5.32 Å². The summed E-state index contributed by atoms with van der Waals surface area (Å²) >= 11 is 0. The largest absolute Gasteiger partial charge is 0.508 e. The molecule has 224 valence electrons. The smallest absolute Gasteiger partial charge is 0.142 e. The summed E-state index contributed by atoms with van der Waals surface area (Å²) in [7, 11) is 2.91. The average molecular weight is 578 g/mol. The first-order chi connectivity index (χ1) is 19.4. The van der Waals surface area contributed by atoms with E-state index in [1.54, 1.807) is 30.3 Å². The second-order valence-corrected chi connectivity index (χ2v) is 13.3. The molecule has 0 radical (unpaired) electrons. The molecule has 0 aliphatic heterocycles.